The van der Waals surface area contributed by atoms with E-state index in [0.717, 1.165) is 22.2 Å². The Hall–Kier alpha value is -3.89. The summed E-state index contributed by atoms with van der Waals surface area (Å²) in [6.45, 7) is -0.0308. The summed E-state index contributed by atoms with van der Waals surface area (Å²) in [4.78, 5) is 37.5. The van der Waals surface area contributed by atoms with Crippen LogP contribution in [0.3, 0.4) is 0 Å². The van der Waals surface area contributed by atoms with Crippen molar-refractivity contribution in [3.8, 4) is 17.6 Å². The van der Waals surface area contributed by atoms with Crippen molar-refractivity contribution in [1.82, 2.24) is 4.90 Å². The number of nitro benzene ring substituents is 1. The van der Waals surface area contributed by atoms with Gasteiger partial charge < -0.3 is 9.47 Å². The van der Waals surface area contributed by atoms with E-state index in [9.17, 15) is 25.0 Å². The summed E-state index contributed by atoms with van der Waals surface area (Å²) in [5.74, 6) is 0.375. The molecule has 11 heteroatoms. The fraction of sp³-hybridized carbons (Fsp3) is 0.115. The van der Waals surface area contributed by atoms with Crippen LogP contribution in [0.1, 0.15) is 22.3 Å². The second-order valence-electron chi connectivity index (χ2n) is 7.75. The summed E-state index contributed by atoms with van der Waals surface area (Å²) in [5.41, 5.74) is 1.98. The molecule has 1 aliphatic heterocycles. The molecule has 0 saturated carbocycles. The Morgan fingerprint density at radius 1 is 1.14 bits per heavy atom. The van der Waals surface area contributed by atoms with Crippen LogP contribution in [0.5, 0.6) is 11.5 Å². The Balaban J connectivity index is 1.56. The number of amides is 2. The second kappa shape index (κ2) is 11.4. The van der Waals surface area contributed by atoms with E-state index in [1.807, 2.05) is 12.1 Å². The number of para-hydroxylation sites is 1. The largest absolute Gasteiger partial charge is 0.493 e. The van der Waals surface area contributed by atoms with Gasteiger partial charge in [0, 0.05) is 17.2 Å². The molecule has 3 aromatic rings. The van der Waals surface area contributed by atoms with Gasteiger partial charge in [-0.2, -0.15) is 5.26 Å². The minimum absolute atomic E-state index is 0.155. The molecule has 0 bridgehead atoms. The van der Waals surface area contributed by atoms with Crippen molar-refractivity contribution in [1.29, 1.82) is 5.26 Å². The predicted molar refractivity (Wildman–Crippen MR) is 146 cm³/mol. The van der Waals surface area contributed by atoms with Crippen LogP contribution in [0.15, 0.2) is 65.6 Å². The number of hydrogen-bond donors (Lipinski definition) is 0. The summed E-state index contributed by atoms with van der Waals surface area (Å²) in [5, 5.41) is 20.1. The first kappa shape index (κ1) is 26.2. The van der Waals surface area contributed by atoms with Gasteiger partial charge in [-0.1, -0.05) is 36.4 Å². The Bertz CT molecular complexity index is 1480. The van der Waals surface area contributed by atoms with Crippen LogP contribution in [-0.4, -0.2) is 28.1 Å². The van der Waals surface area contributed by atoms with Crippen molar-refractivity contribution >= 4 is 57.3 Å². The zero-order valence-corrected chi connectivity index (χ0v) is 22.3. The Labute approximate surface area is 230 Å². The number of carbonyl (C=O) groups excluding carboxylic acids is 2. The van der Waals surface area contributed by atoms with Gasteiger partial charge in [0.2, 0.25) is 0 Å². The summed E-state index contributed by atoms with van der Waals surface area (Å²) < 4.78 is 12.2. The van der Waals surface area contributed by atoms with E-state index in [4.69, 9.17) is 9.47 Å². The van der Waals surface area contributed by atoms with Gasteiger partial charge in [-0.3, -0.25) is 24.6 Å². The van der Waals surface area contributed by atoms with Crippen molar-refractivity contribution in [2.45, 2.75) is 13.2 Å². The molecule has 37 heavy (non-hydrogen) atoms. The molecule has 3 aromatic carbocycles. The van der Waals surface area contributed by atoms with Crippen molar-refractivity contribution < 1.29 is 24.0 Å². The molecule has 0 aliphatic carbocycles. The van der Waals surface area contributed by atoms with Gasteiger partial charge in [0.1, 0.15) is 6.61 Å². The highest BCUT2D eigenvalue weighted by atomic mass is 127. The number of nitro groups is 1. The molecule has 0 N–H and O–H groups in total. The average Bonchev–Trinajstić information content (AvgIpc) is 3.15. The third-order valence-corrected chi connectivity index (χ3v) is 7.16. The van der Waals surface area contributed by atoms with E-state index in [0.29, 0.717) is 26.2 Å². The van der Waals surface area contributed by atoms with Crippen LogP contribution in [0, 0.1) is 25.0 Å². The highest BCUT2D eigenvalue weighted by Gasteiger charge is 2.36. The van der Waals surface area contributed by atoms with Crippen LogP contribution in [0.4, 0.5) is 10.5 Å². The molecule has 4 rings (SSSR count). The number of thioether (sulfide) groups is 1. The maximum absolute atomic E-state index is 13.0. The van der Waals surface area contributed by atoms with E-state index in [1.165, 1.54) is 25.3 Å². The number of benzene rings is 3. The summed E-state index contributed by atoms with van der Waals surface area (Å²) in [7, 11) is 1.49. The minimum Gasteiger partial charge on any atom is -0.493 e. The molecule has 0 unspecified atom stereocenters. The number of imide groups is 1. The highest BCUT2D eigenvalue weighted by Crippen LogP contribution is 2.38. The van der Waals surface area contributed by atoms with E-state index in [2.05, 4.69) is 28.7 Å². The zero-order chi connectivity index (χ0) is 26.5. The highest BCUT2D eigenvalue weighted by molar-refractivity contribution is 14.1. The van der Waals surface area contributed by atoms with E-state index >= 15 is 0 Å². The maximum Gasteiger partial charge on any atom is 0.293 e. The van der Waals surface area contributed by atoms with Gasteiger partial charge in [-0.25, -0.2) is 0 Å². The molecular weight excluding hydrogens is 609 g/mol. The number of halogens is 1. The molecule has 2 amide bonds. The number of ether oxygens (including phenoxy) is 2. The van der Waals surface area contributed by atoms with Gasteiger partial charge >= 0.3 is 0 Å². The third kappa shape index (κ3) is 5.76. The number of carbonyl (C=O) groups is 2. The fourth-order valence-electron chi connectivity index (χ4n) is 3.65. The molecule has 9 nitrogen and oxygen atoms in total. The van der Waals surface area contributed by atoms with Gasteiger partial charge in [0.25, 0.3) is 16.8 Å². The van der Waals surface area contributed by atoms with Gasteiger partial charge in [-0.15, -0.1) is 0 Å². The average molecular weight is 627 g/mol. The van der Waals surface area contributed by atoms with Crippen molar-refractivity contribution in [2.24, 2.45) is 0 Å². The summed E-state index contributed by atoms with van der Waals surface area (Å²) >= 11 is 2.86. The van der Waals surface area contributed by atoms with Gasteiger partial charge in [0.15, 0.2) is 11.5 Å². The summed E-state index contributed by atoms with van der Waals surface area (Å²) in [6, 6.07) is 18.7. The lowest BCUT2D eigenvalue weighted by Crippen LogP contribution is -2.27. The van der Waals surface area contributed by atoms with E-state index < -0.39 is 16.1 Å². The zero-order valence-electron chi connectivity index (χ0n) is 19.3. The van der Waals surface area contributed by atoms with Crippen molar-refractivity contribution in [3.05, 3.63) is 102 Å². The fourth-order valence-corrected chi connectivity index (χ4v) is 5.27. The first-order valence-electron chi connectivity index (χ1n) is 10.8. The lowest BCUT2D eigenvalue weighted by atomic mass is 10.1. The lowest BCUT2D eigenvalue weighted by Gasteiger charge is -2.14. The second-order valence-corrected chi connectivity index (χ2v) is 9.90. The Morgan fingerprint density at radius 3 is 2.54 bits per heavy atom. The SMILES string of the molecule is COc1cc(/C=C2\SC(=O)N(Cc3ccccc3[N+](=O)[O-])C2=O)cc(I)c1OCc1ccccc1C#N. The molecule has 0 spiro atoms. The van der Waals surface area contributed by atoms with E-state index in [-0.39, 0.29) is 29.3 Å². The molecule has 1 saturated heterocycles. The van der Waals surface area contributed by atoms with Crippen molar-refractivity contribution in [2.75, 3.05) is 7.11 Å². The Morgan fingerprint density at radius 2 is 1.84 bits per heavy atom. The molecule has 1 aliphatic rings. The predicted octanol–water partition coefficient (Wildman–Crippen LogP) is 5.90. The summed E-state index contributed by atoms with van der Waals surface area (Å²) in [6.07, 6.45) is 1.57. The Kier molecular flexibility index (Phi) is 8.10. The molecule has 0 aromatic heterocycles. The normalized spacial score (nSPS) is 14.1. The first-order valence-corrected chi connectivity index (χ1v) is 12.7. The van der Waals surface area contributed by atoms with Crippen molar-refractivity contribution in [3.63, 3.8) is 0 Å². The van der Waals surface area contributed by atoms with E-state index in [1.54, 1.807) is 36.4 Å². The number of rotatable bonds is 8. The molecule has 0 radical (unpaired) electrons. The van der Waals surface area contributed by atoms with Gasteiger partial charge in [0.05, 0.1) is 38.7 Å². The molecule has 0 atom stereocenters. The molecular formula is C26H18IN3O6S. The third-order valence-electron chi connectivity index (χ3n) is 5.45. The molecule has 1 heterocycles. The molecule has 1 fully saturated rings. The lowest BCUT2D eigenvalue weighted by molar-refractivity contribution is -0.385. The topological polar surface area (TPSA) is 123 Å². The van der Waals surface area contributed by atoms with Gasteiger partial charge in [-0.05, 0) is 64.2 Å². The number of methoxy groups -OCH3 is 1. The number of hydrogen-bond acceptors (Lipinski definition) is 8. The monoisotopic (exact) mass is 627 g/mol. The van der Waals surface area contributed by atoms with Crippen LogP contribution in [0.2, 0.25) is 0 Å². The van der Waals surface area contributed by atoms with Crippen LogP contribution >= 0.6 is 34.4 Å². The maximum atomic E-state index is 13.0. The van der Waals surface area contributed by atoms with Crippen LogP contribution in [0.25, 0.3) is 6.08 Å². The smallest absolute Gasteiger partial charge is 0.293 e. The van der Waals surface area contributed by atoms with Crippen LogP contribution in [-0.2, 0) is 17.9 Å². The number of nitrogens with zero attached hydrogens (tertiary/aromatic N) is 3. The quantitative estimate of drug-likeness (QED) is 0.131. The number of nitriles is 1. The molecule has 186 valence electrons. The van der Waals surface area contributed by atoms with Crippen LogP contribution < -0.4 is 9.47 Å². The standard InChI is InChI=1S/C26H18IN3O6S/c1-35-22-11-16(10-20(27)24(22)36-15-19-8-3-2-6-17(19)13-28)12-23-25(31)29(26(32)37-23)14-18-7-4-5-9-21(18)30(33)34/h2-12H,14-15H2,1H3/b23-12-. The minimum atomic E-state index is -0.541. The first-order chi connectivity index (χ1) is 17.8.